The quantitative estimate of drug-likeness (QED) is 0.623. The van der Waals surface area contributed by atoms with Crippen LogP contribution in [0.15, 0.2) is 31.6 Å². The van der Waals surface area contributed by atoms with Crippen molar-refractivity contribution in [3.8, 4) is 11.4 Å². The highest BCUT2D eigenvalue weighted by atomic mass is 79.9. The maximum Gasteiger partial charge on any atom is 0.161 e. The minimum atomic E-state index is -0.114. The molecule has 0 saturated carbocycles. The molecule has 0 radical (unpaired) electrons. The number of hydrogen-bond acceptors (Lipinski definition) is 3. The summed E-state index contributed by atoms with van der Waals surface area (Å²) >= 11 is 10.4. The van der Waals surface area contributed by atoms with Crippen LogP contribution in [0.2, 0.25) is 0 Å². The second kappa shape index (κ2) is 5.73. The van der Waals surface area contributed by atoms with Crippen molar-refractivity contribution < 1.29 is 0 Å². The number of benzene rings is 1. The zero-order valence-corrected chi connectivity index (χ0v) is 16.1. The third kappa shape index (κ3) is 3.23. The van der Waals surface area contributed by atoms with Gasteiger partial charge in [-0.3, -0.25) is 0 Å². The molecule has 1 aromatic heterocycles. The van der Waals surface area contributed by atoms with Crippen LogP contribution in [0.25, 0.3) is 11.4 Å². The molecule has 0 fully saturated rings. The van der Waals surface area contributed by atoms with E-state index in [1.54, 1.807) is 0 Å². The largest absolute Gasteiger partial charge is 0.383 e. The summed E-state index contributed by atoms with van der Waals surface area (Å²) in [5, 5.41) is 0. The number of halogens is 3. The number of nitrogen functional groups attached to an aromatic ring is 1. The lowest BCUT2D eigenvalue weighted by Crippen LogP contribution is -2.17. The van der Waals surface area contributed by atoms with E-state index >= 15 is 0 Å². The molecule has 0 aliphatic carbocycles. The summed E-state index contributed by atoms with van der Waals surface area (Å²) in [6.45, 7) is 6.29. The lowest BCUT2D eigenvalue weighted by atomic mass is 9.91. The average Bonchev–Trinajstić information content (AvgIpc) is 2.34. The Hall–Kier alpha value is -0.460. The van der Waals surface area contributed by atoms with E-state index in [-0.39, 0.29) is 5.41 Å². The molecule has 0 unspecified atom stereocenters. The van der Waals surface area contributed by atoms with Gasteiger partial charge in [0.2, 0.25) is 0 Å². The van der Waals surface area contributed by atoms with E-state index in [1.807, 2.05) is 18.2 Å². The summed E-state index contributed by atoms with van der Waals surface area (Å²) in [5.74, 6) is 1.09. The van der Waals surface area contributed by atoms with Gasteiger partial charge in [-0.25, -0.2) is 9.97 Å². The van der Waals surface area contributed by atoms with Gasteiger partial charge in [0.25, 0.3) is 0 Å². The highest BCUT2D eigenvalue weighted by molar-refractivity contribution is 9.13. The topological polar surface area (TPSA) is 51.8 Å². The Labute approximate surface area is 143 Å². The Morgan fingerprint density at radius 2 is 1.65 bits per heavy atom. The molecule has 0 bridgehead atoms. The van der Waals surface area contributed by atoms with Crippen LogP contribution in [0.1, 0.15) is 26.5 Å². The van der Waals surface area contributed by atoms with Crippen molar-refractivity contribution in [3.63, 3.8) is 0 Å². The summed E-state index contributed by atoms with van der Waals surface area (Å²) in [6.07, 6.45) is 0. The van der Waals surface area contributed by atoms with Crippen LogP contribution in [0.3, 0.4) is 0 Å². The highest BCUT2D eigenvalue weighted by Crippen LogP contribution is 2.34. The maximum atomic E-state index is 6.00. The first kappa shape index (κ1) is 15.9. The van der Waals surface area contributed by atoms with Gasteiger partial charge in [-0.05, 0) is 66.0 Å². The first-order valence-corrected chi connectivity index (χ1v) is 8.37. The van der Waals surface area contributed by atoms with Crippen molar-refractivity contribution in [2.24, 2.45) is 0 Å². The molecular formula is C14H14Br3N3. The molecule has 1 aromatic carbocycles. The lowest BCUT2D eigenvalue weighted by molar-refractivity contribution is 0.565. The van der Waals surface area contributed by atoms with E-state index in [0.29, 0.717) is 11.6 Å². The van der Waals surface area contributed by atoms with Crippen LogP contribution in [0.5, 0.6) is 0 Å². The van der Waals surface area contributed by atoms with Crippen molar-refractivity contribution >= 4 is 53.6 Å². The Morgan fingerprint density at radius 3 is 2.20 bits per heavy atom. The fourth-order valence-electron chi connectivity index (χ4n) is 1.73. The van der Waals surface area contributed by atoms with Crippen molar-refractivity contribution in [3.05, 3.63) is 37.3 Å². The molecule has 3 nitrogen and oxygen atoms in total. The van der Waals surface area contributed by atoms with Crippen molar-refractivity contribution in [2.45, 2.75) is 26.2 Å². The average molecular weight is 464 g/mol. The first-order valence-electron chi connectivity index (χ1n) is 5.99. The van der Waals surface area contributed by atoms with Gasteiger partial charge in [0.1, 0.15) is 5.82 Å². The minimum absolute atomic E-state index is 0.114. The normalized spacial score (nSPS) is 11.7. The number of nitrogens with two attached hydrogens (primary N) is 1. The standard InChI is InChI=1S/C14H14Br3N3/c1-14(2,3)11-10(17)12(18)20-13(19-11)7-4-5-8(15)9(16)6-7/h4-6H,1-3H3,(H2,18,19,20). The monoisotopic (exact) mass is 461 g/mol. The molecule has 0 amide bonds. The Kier molecular flexibility index (Phi) is 4.56. The van der Waals surface area contributed by atoms with Gasteiger partial charge in [-0.1, -0.05) is 20.8 Å². The molecule has 0 aliphatic heterocycles. The number of anilines is 1. The van der Waals surface area contributed by atoms with Crippen LogP contribution in [0.4, 0.5) is 5.82 Å². The molecule has 0 atom stereocenters. The van der Waals surface area contributed by atoms with Gasteiger partial charge in [-0.15, -0.1) is 0 Å². The Balaban J connectivity index is 2.63. The third-order valence-electron chi connectivity index (χ3n) is 2.77. The zero-order valence-electron chi connectivity index (χ0n) is 11.3. The van der Waals surface area contributed by atoms with Crippen molar-refractivity contribution in [1.29, 1.82) is 0 Å². The van der Waals surface area contributed by atoms with E-state index in [1.165, 1.54) is 0 Å². The molecule has 1 heterocycles. The Bertz CT molecular complexity index is 663. The second-order valence-electron chi connectivity index (χ2n) is 5.47. The minimum Gasteiger partial charge on any atom is -0.383 e. The maximum absolute atomic E-state index is 6.00. The van der Waals surface area contributed by atoms with Gasteiger partial charge in [0.15, 0.2) is 5.82 Å². The number of aromatic nitrogens is 2. The number of nitrogens with zero attached hydrogens (tertiary/aromatic N) is 2. The van der Waals surface area contributed by atoms with Crippen LogP contribution in [-0.4, -0.2) is 9.97 Å². The van der Waals surface area contributed by atoms with Gasteiger partial charge < -0.3 is 5.73 Å². The molecule has 20 heavy (non-hydrogen) atoms. The predicted octanol–water partition coefficient (Wildman–Crippen LogP) is 5.31. The molecule has 2 aromatic rings. The van der Waals surface area contributed by atoms with Crippen molar-refractivity contribution in [1.82, 2.24) is 9.97 Å². The van der Waals surface area contributed by atoms with Crippen LogP contribution >= 0.6 is 47.8 Å². The van der Waals surface area contributed by atoms with E-state index < -0.39 is 0 Å². The summed E-state index contributed by atoms with van der Waals surface area (Å²) in [7, 11) is 0. The first-order chi connectivity index (χ1) is 9.20. The number of hydrogen-bond donors (Lipinski definition) is 1. The van der Waals surface area contributed by atoms with E-state index in [4.69, 9.17) is 5.73 Å². The molecule has 0 spiro atoms. The lowest BCUT2D eigenvalue weighted by Gasteiger charge is -2.21. The van der Waals surface area contributed by atoms with Crippen molar-refractivity contribution in [2.75, 3.05) is 5.73 Å². The fraction of sp³-hybridized carbons (Fsp3) is 0.286. The molecule has 106 valence electrons. The zero-order chi connectivity index (χ0) is 15.1. The molecular weight excluding hydrogens is 450 g/mol. The fourth-order valence-corrected chi connectivity index (χ4v) is 3.12. The molecule has 2 N–H and O–H groups in total. The highest BCUT2D eigenvalue weighted by Gasteiger charge is 2.22. The van der Waals surface area contributed by atoms with E-state index in [2.05, 4.69) is 78.5 Å². The van der Waals surface area contributed by atoms with E-state index in [0.717, 1.165) is 24.7 Å². The summed E-state index contributed by atoms with van der Waals surface area (Å²) < 4.78 is 2.71. The summed E-state index contributed by atoms with van der Waals surface area (Å²) in [4.78, 5) is 9.04. The van der Waals surface area contributed by atoms with Gasteiger partial charge in [-0.2, -0.15) is 0 Å². The smallest absolute Gasteiger partial charge is 0.161 e. The van der Waals surface area contributed by atoms with Crippen LogP contribution in [0, 0.1) is 0 Å². The molecule has 6 heteroatoms. The van der Waals surface area contributed by atoms with Gasteiger partial charge in [0.05, 0.1) is 10.2 Å². The number of rotatable bonds is 1. The SMILES string of the molecule is CC(C)(C)c1nc(-c2ccc(Br)c(Br)c2)nc(N)c1Br. The molecule has 0 aliphatic rings. The van der Waals surface area contributed by atoms with Crippen LogP contribution in [-0.2, 0) is 5.41 Å². The third-order valence-corrected chi connectivity index (χ3v) is 5.43. The predicted molar refractivity (Wildman–Crippen MR) is 93.7 cm³/mol. The molecule has 0 saturated heterocycles. The molecule has 2 rings (SSSR count). The van der Waals surface area contributed by atoms with Gasteiger partial charge >= 0.3 is 0 Å². The Morgan fingerprint density at radius 1 is 1.00 bits per heavy atom. The second-order valence-corrected chi connectivity index (χ2v) is 7.98. The summed E-state index contributed by atoms with van der Waals surface area (Å²) in [6, 6.07) is 5.89. The van der Waals surface area contributed by atoms with E-state index in [9.17, 15) is 0 Å². The summed E-state index contributed by atoms with van der Waals surface area (Å²) in [5.41, 5.74) is 7.71. The van der Waals surface area contributed by atoms with Gasteiger partial charge in [0, 0.05) is 19.9 Å². The van der Waals surface area contributed by atoms with Crippen LogP contribution < -0.4 is 5.73 Å².